The van der Waals surface area contributed by atoms with Gasteiger partial charge in [-0.25, -0.2) is 18.6 Å². The van der Waals surface area contributed by atoms with Gasteiger partial charge in [0.25, 0.3) is 6.43 Å². The minimum atomic E-state index is -2.92. The van der Waals surface area contributed by atoms with Gasteiger partial charge in [-0.3, -0.25) is 0 Å². The lowest BCUT2D eigenvalue weighted by molar-refractivity contribution is 0.0584. The number of esters is 1. The summed E-state index contributed by atoms with van der Waals surface area (Å²) in [6.45, 7) is 0. The fourth-order valence-electron chi connectivity index (χ4n) is 1.26. The van der Waals surface area contributed by atoms with Gasteiger partial charge in [0, 0.05) is 6.20 Å². The van der Waals surface area contributed by atoms with E-state index in [2.05, 4.69) is 9.72 Å². The molecule has 0 aromatic carbocycles. The van der Waals surface area contributed by atoms with Crippen LogP contribution in [0.15, 0.2) is 6.20 Å². The Bertz CT molecular complexity index is 483. The first kappa shape index (κ1) is 12.8. The molecule has 1 heterocycles. The van der Waals surface area contributed by atoms with Crippen LogP contribution < -0.4 is 4.74 Å². The molecule has 7 heteroatoms. The molecule has 0 aliphatic rings. The third-order valence-corrected chi connectivity index (χ3v) is 2.00. The Balaban J connectivity index is 3.57. The summed E-state index contributed by atoms with van der Waals surface area (Å²) >= 11 is 0. The lowest BCUT2D eigenvalue weighted by atomic mass is 10.1. The number of nitrogens with zero attached hydrogens (tertiary/aromatic N) is 2. The highest BCUT2D eigenvalue weighted by Crippen LogP contribution is 2.31. The fraction of sp³-hybridized carbons (Fsp3) is 0.300. The van der Waals surface area contributed by atoms with Gasteiger partial charge in [0.15, 0.2) is 11.4 Å². The van der Waals surface area contributed by atoms with Crippen LogP contribution in [0.2, 0.25) is 0 Å². The number of aromatic nitrogens is 1. The van der Waals surface area contributed by atoms with Crippen LogP contribution in [0.25, 0.3) is 0 Å². The number of nitriles is 1. The minimum Gasteiger partial charge on any atom is -0.493 e. The molecule has 0 N–H and O–H groups in total. The molecular formula is C10H8F2N2O3. The van der Waals surface area contributed by atoms with Gasteiger partial charge < -0.3 is 9.47 Å². The monoisotopic (exact) mass is 242 g/mol. The average molecular weight is 242 g/mol. The number of carbonyl (C=O) groups excluding carboxylic acids is 1. The van der Waals surface area contributed by atoms with Crippen molar-refractivity contribution in [3.8, 4) is 11.8 Å². The highest BCUT2D eigenvalue weighted by Gasteiger charge is 2.26. The Morgan fingerprint density at radius 3 is 2.59 bits per heavy atom. The summed E-state index contributed by atoms with van der Waals surface area (Å²) in [4.78, 5) is 14.9. The van der Waals surface area contributed by atoms with Gasteiger partial charge in [0.2, 0.25) is 0 Å². The van der Waals surface area contributed by atoms with Crippen molar-refractivity contribution in [3.63, 3.8) is 0 Å². The van der Waals surface area contributed by atoms with Crippen LogP contribution in [0.4, 0.5) is 8.78 Å². The third-order valence-electron chi connectivity index (χ3n) is 2.00. The summed E-state index contributed by atoms with van der Waals surface area (Å²) in [6, 6.07) is 1.64. The fourth-order valence-corrected chi connectivity index (χ4v) is 1.26. The van der Waals surface area contributed by atoms with Gasteiger partial charge in [-0.15, -0.1) is 0 Å². The molecule has 1 rings (SSSR count). The highest BCUT2D eigenvalue weighted by molar-refractivity contribution is 5.94. The smallest absolute Gasteiger partial charge is 0.342 e. The second kappa shape index (κ2) is 5.21. The molecule has 0 saturated carbocycles. The van der Waals surface area contributed by atoms with Gasteiger partial charge in [0.1, 0.15) is 11.6 Å². The first-order valence-corrected chi connectivity index (χ1v) is 4.40. The van der Waals surface area contributed by atoms with E-state index in [-0.39, 0.29) is 11.4 Å². The maximum absolute atomic E-state index is 12.7. The van der Waals surface area contributed by atoms with Crippen molar-refractivity contribution in [1.29, 1.82) is 5.26 Å². The largest absolute Gasteiger partial charge is 0.493 e. The second-order valence-corrected chi connectivity index (χ2v) is 2.87. The number of rotatable bonds is 3. The van der Waals surface area contributed by atoms with Crippen molar-refractivity contribution in [2.24, 2.45) is 0 Å². The van der Waals surface area contributed by atoms with E-state index in [9.17, 15) is 13.6 Å². The molecular weight excluding hydrogens is 234 g/mol. The van der Waals surface area contributed by atoms with Crippen LogP contribution in [-0.4, -0.2) is 25.2 Å². The zero-order chi connectivity index (χ0) is 13.0. The van der Waals surface area contributed by atoms with Crippen LogP contribution in [0.3, 0.4) is 0 Å². The Labute approximate surface area is 95.6 Å². The summed E-state index contributed by atoms with van der Waals surface area (Å²) in [7, 11) is 2.20. The van der Waals surface area contributed by atoms with Gasteiger partial charge in [-0.2, -0.15) is 5.26 Å². The molecule has 0 radical (unpaired) electrons. The predicted octanol–water partition coefficient (Wildman–Crippen LogP) is 1.69. The number of pyridine rings is 1. The topological polar surface area (TPSA) is 72.2 Å². The quantitative estimate of drug-likeness (QED) is 0.754. The zero-order valence-corrected chi connectivity index (χ0v) is 9.03. The maximum atomic E-state index is 12.7. The second-order valence-electron chi connectivity index (χ2n) is 2.87. The molecule has 0 fully saturated rings. The van der Waals surface area contributed by atoms with E-state index >= 15 is 0 Å². The molecule has 1 aromatic rings. The summed E-state index contributed by atoms with van der Waals surface area (Å²) in [6.07, 6.45) is -2.16. The van der Waals surface area contributed by atoms with Crippen molar-refractivity contribution >= 4 is 5.97 Å². The molecule has 1 aromatic heterocycles. The van der Waals surface area contributed by atoms with E-state index in [1.807, 2.05) is 0 Å². The first-order valence-electron chi connectivity index (χ1n) is 4.40. The molecule has 0 spiro atoms. The van der Waals surface area contributed by atoms with Crippen LogP contribution in [0.5, 0.6) is 5.75 Å². The van der Waals surface area contributed by atoms with E-state index < -0.39 is 23.5 Å². The number of carbonyl (C=O) groups is 1. The van der Waals surface area contributed by atoms with Crippen LogP contribution in [0.1, 0.15) is 28.0 Å². The Morgan fingerprint density at radius 2 is 2.18 bits per heavy atom. The molecule has 0 unspecified atom stereocenters. The third kappa shape index (κ3) is 2.30. The normalized spacial score (nSPS) is 9.88. The van der Waals surface area contributed by atoms with Crippen LogP contribution in [-0.2, 0) is 4.74 Å². The van der Waals surface area contributed by atoms with E-state index in [4.69, 9.17) is 10.00 Å². The number of hydrogen-bond donors (Lipinski definition) is 0. The summed E-state index contributed by atoms with van der Waals surface area (Å²) in [5, 5.41) is 8.73. The number of alkyl halides is 2. The molecule has 0 bridgehead atoms. The van der Waals surface area contributed by atoms with E-state index in [0.29, 0.717) is 0 Å². The molecule has 90 valence electrons. The average Bonchev–Trinajstić information content (AvgIpc) is 2.35. The Kier molecular flexibility index (Phi) is 3.93. The standard InChI is InChI=1S/C10H8F2N2O3/c1-16-8-6(3-13)14-4-5(9(11)12)7(8)10(15)17-2/h4,9H,1-2H3. The summed E-state index contributed by atoms with van der Waals surface area (Å²) in [5.41, 5.74) is -1.36. The van der Waals surface area contributed by atoms with Gasteiger partial charge in [0.05, 0.1) is 19.8 Å². The van der Waals surface area contributed by atoms with Crippen molar-refractivity contribution in [1.82, 2.24) is 4.98 Å². The van der Waals surface area contributed by atoms with Gasteiger partial charge >= 0.3 is 5.97 Å². The number of ether oxygens (including phenoxy) is 2. The highest BCUT2D eigenvalue weighted by atomic mass is 19.3. The molecule has 5 nitrogen and oxygen atoms in total. The Hall–Kier alpha value is -2.23. The summed E-state index contributed by atoms with van der Waals surface area (Å²) in [5.74, 6) is -1.31. The zero-order valence-electron chi connectivity index (χ0n) is 9.03. The predicted molar refractivity (Wildman–Crippen MR) is 51.8 cm³/mol. The van der Waals surface area contributed by atoms with Crippen molar-refractivity contribution in [2.45, 2.75) is 6.43 Å². The van der Waals surface area contributed by atoms with Crippen molar-refractivity contribution in [2.75, 3.05) is 14.2 Å². The van der Waals surface area contributed by atoms with E-state index in [0.717, 1.165) is 20.4 Å². The van der Waals surface area contributed by atoms with Crippen molar-refractivity contribution < 1.29 is 23.0 Å². The van der Waals surface area contributed by atoms with Crippen LogP contribution >= 0.6 is 0 Å². The lowest BCUT2D eigenvalue weighted by Gasteiger charge is -2.11. The lowest BCUT2D eigenvalue weighted by Crippen LogP contribution is -2.11. The number of methoxy groups -OCH3 is 2. The van der Waals surface area contributed by atoms with E-state index in [1.54, 1.807) is 6.07 Å². The SMILES string of the molecule is COC(=O)c1c(C(F)F)cnc(C#N)c1OC. The number of halogens is 2. The molecule has 0 aliphatic heterocycles. The van der Waals surface area contributed by atoms with Gasteiger partial charge in [-0.05, 0) is 0 Å². The Morgan fingerprint density at radius 1 is 1.53 bits per heavy atom. The maximum Gasteiger partial charge on any atom is 0.342 e. The summed E-state index contributed by atoms with van der Waals surface area (Å²) < 4.78 is 34.5. The first-order chi connectivity index (χ1) is 8.06. The molecule has 0 saturated heterocycles. The minimum absolute atomic E-state index is 0.252. The van der Waals surface area contributed by atoms with Crippen LogP contribution in [0, 0.1) is 11.3 Å². The molecule has 17 heavy (non-hydrogen) atoms. The van der Waals surface area contributed by atoms with E-state index in [1.165, 1.54) is 0 Å². The number of hydrogen-bond acceptors (Lipinski definition) is 5. The molecule has 0 amide bonds. The molecule has 0 aliphatic carbocycles. The molecule has 0 atom stereocenters. The van der Waals surface area contributed by atoms with Gasteiger partial charge in [-0.1, -0.05) is 0 Å². The van der Waals surface area contributed by atoms with Crippen molar-refractivity contribution in [3.05, 3.63) is 23.0 Å².